The van der Waals surface area contributed by atoms with Crippen molar-refractivity contribution in [1.82, 2.24) is 5.32 Å². The maximum atomic E-state index is 11.4. The largest absolute Gasteiger partial charge is 0.361 e. The summed E-state index contributed by atoms with van der Waals surface area (Å²) in [6.07, 6.45) is 7.43. The fourth-order valence-corrected chi connectivity index (χ4v) is 6.23. The minimum absolute atomic E-state index is 0.0802. The Bertz CT molecular complexity index is 467. The summed E-state index contributed by atoms with van der Waals surface area (Å²) in [5.74, 6) is 1.75. The summed E-state index contributed by atoms with van der Waals surface area (Å²) in [5, 5.41) is 4.30. The number of hydrogen-bond donors (Lipinski definition) is 1. The van der Waals surface area contributed by atoms with Crippen molar-refractivity contribution in [3.63, 3.8) is 0 Å². The number of rotatable bonds is 1. The van der Waals surface area contributed by atoms with Crippen LogP contribution in [0.4, 0.5) is 0 Å². The van der Waals surface area contributed by atoms with Crippen LogP contribution in [0.1, 0.15) is 38.5 Å². The van der Waals surface area contributed by atoms with Gasteiger partial charge in [0.25, 0.3) is 0 Å². The lowest BCUT2D eigenvalue weighted by Gasteiger charge is -2.38. The Balaban J connectivity index is 1.56. The fraction of sp³-hybridized carbons (Fsp3) is 0.923. The molecule has 19 heavy (non-hydrogen) atoms. The van der Waals surface area contributed by atoms with Gasteiger partial charge in [0.2, 0.25) is 0 Å². The summed E-state index contributed by atoms with van der Waals surface area (Å²) in [6.45, 7) is 0.932. The monoisotopic (exact) mass is 302 g/mol. The Labute approximate surface area is 119 Å². The molecule has 1 atom stereocenters. The van der Waals surface area contributed by atoms with Crippen LogP contribution in [-0.2, 0) is 9.84 Å². The second-order valence-corrected chi connectivity index (χ2v) is 9.41. The Kier molecular flexibility index (Phi) is 3.82. The molecule has 6 heteroatoms. The zero-order valence-electron chi connectivity index (χ0n) is 11.2. The van der Waals surface area contributed by atoms with Crippen LogP contribution in [0.2, 0.25) is 0 Å². The van der Waals surface area contributed by atoms with Gasteiger partial charge in [-0.1, -0.05) is 31.0 Å². The highest BCUT2D eigenvalue weighted by molar-refractivity contribution is 8.13. The van der Waals surface area contributed by atoms with E-state index >= 15 is 0 Å². The number of aliphatic imine (C=N–C) groups is 1. The van der Waals surface area contributed by atoms with Crippen LogP contribution in [-0.4, -0.2) is 43.4 Å². The molecule has 1 aliphatic carbocycles. The van der Waals surface area contributed by atoms with E-state index in [-0.39, 0.29) is 11.8 Å². The zero-order chi connectivity index (χ0) is 13.3. The molecular weight excluding hydrogens is 280 g/mol. The zero-order valence-corrected chi connectivity index (χ0v) is 12.9. The van der Waals surface area contributed by atoms with Crippen LogP contribution < -0.4 is 5.32 Å². The summed E-state index contributed by atoms with van der Waals surface area (Å²) >= 11 is 1.80. The number of nitrogens with zero attached hydrogens (tertiary/aromatic N) is 1. The molecule has 2 fully saturated rings. The maximum absolute atomic E-state index is 11.4. The van der Waals surface area contributed by atoms with Gasteiger partial charge in [0.05, 0.1) is 11.5 Å². The highest BCUT2D eigenvalue weighted by atomic mass is 32.2. The van der Waals surface area contributed by atoms with Crippen molar-refractivity contribution in [2.24, 2.45) is 10.4 Å². The molecule has 1 spiro atoms. The second kappa shape index (κ2) is 5.28. The topological polar surface area (TPSA) is 58.5 Å². The number of nitrogens with one attached hydrogen (secondary N) is 1. The van der Waals surface area contributed by atoms with E-state index in [1.807, 2.05) is 0 Å². The first kappa shape index (κ1) is 13.7. The normalized spacial score (nSPS) is 33.1. The standard InChI is InChI=1S/C13H22N2O2S2/c16-19(17)7-4-11(8-19)15-12-14-9-13(10-18-12)5-2-1-3-6-13/h11H,1-10H2,(H,14,15). The summed E-state index contributed by atoms with van der Waals surface area (Å²) < 4.78 is 22.9. The molecule has 4 nitrogen and oxygen atoms in total. The molecule has 1 N–H and O–H groups in total. The molecule has 0 radical (unpaired) electrons. The van der Waals surface area contributed by atoms with Crippen LogP contribution in [0, 0.1) is 5.41 Å². The van der Waals surface area contributed by atoms with Crippen LogP contribution >= 0.6 is 11.8 Å². The van der Waals surface area contributed by atoms with Gasteiger partial charge in [-0.2, -0.15) is 0 Å². The smallest absolute Gasteiger partial charge is 0.156 e. The van der Waals surface area contributed by atoms with Gasteiger partial charge in [-0.05, 0) is 24.7 Å². The molecule has 2 aliphatic heterocycles. The van der Waals surface area contributed by atoms with Gasteiger partial charge >= 0.3 is 0 Å². The first-order valence-corrected chi connectivity index (χ1v) is 10.0. The second-order valence-electron chi connectivity index (χ2n) is 6.22. The maximum Gasteiger partial charge on any atom is 0.156 e. The van der Waals surface area contributed by atoms with Gasteiger partial charge in [0.1, 0.15) is 0 Å². The van der Waals surface area contributed by atoms with E-state index in [9.17, 15) is 8.42 Å². The Morgan fingerprint density at radius 1 is 1.26 bits per heavy atom. The van der Waals surface area contributed by atoms with Gasteiger partial charge in [0, 0.05) is 18.3 Å². The molecule has 3 aliphatic rings. The summed E-state index contributed by atoms with van der Waals surface area (Å²) in [5.41, 5.74) is 0.440. The molecule has 1 unspecified atom stereocenters. The average Bonchev–Trinajstić information content (AvgIpc) is 2.73. The number of thioether (sulfide) groups is 1. The van der Waals surface area contributed by atoms with E-state index in [2.05, 4.69) is 5.32 Å². The first-order chi connectivity index (χ1) is 9.07. The van der Waals surface area contributed by atoms with Crippen molar-refractivity contribution >= 4 is 26.8 Å². The first-order valence-electron chi connectivity index (χ1n) is 7.21. The molecule has 2 heterocycles. The lowest BCUT2D eigenvalue weighted by Crippen LogP contribution is -2.40. The Hall–Kier alpha value is -0.230. The van der Waals surface area contributed by atoms with E-state index in [1.165, 1.54) is 32.1 Å². The van der Waals surface area contributed by atoms with Crippen LogP contribution in [0.5, 0.6) is 0 Å². The molecule has 0 bridgehead atoms. The van der Waals surface area contributed by atoms with Crippen molar-refractivity contribution in [2.75, 3.05) is 23.8 Å². The molecule has 0 aromatic rings. The van der Waals surface area contributed by atoms with E-state index in [0.717, 1.165) is 23.9 Å². The van der Waals surface area contributed by atoms with Crippen molar-refractivity contribution in [1.29, 1.82) is 0 Å². The minimum Gasteiger partial charge on any atom is -0.361 e. The Morgan fingerprint density at radius 2 is 2.05 bits per heavy atom. The van der Waals surface area contributed by atoms with E-state index in [0.29, 0.717) is 11.2 Å². The number of hydrogen-bond acceptors (Lipinski definition) is 5. The molecule has 1 saturated carbocycles. The average molecular weight is 302 g/mol. The van der Waals surface area contributed by atoms with Gasteiger partial charge in [-0.15, -0.1) is 0 Å². The predicted molar refractivity (Wildman–Crippen MR) is 80.5 cm³/mol. The molecule has 0 aromatic carbocycles. The van der Waals surface area contributed by atoms with E-state index < -0.39 is 9.84 Å². The summed E-state index contributed by atoms with van der Waals surface area (Å²) in [6, 6.07) is 0.0802. The fourth-order valence-electron chi connectivity index (χ4n) is 3.33. The highest BCUT2D eigenvalue weighted by Gasteiger charge is 2.36. The highest BCUT2D eigenvalue weighted by Crippen LogP contribution is 2.41. The summed E-state index contributed by atoms with van der Waals surface area (Å²) in [4.78, 5) is 4.69. The SMILES string of the molecule is O=S1(=O)CCC(NC2=NCC3(CCCCC3)CS2)C1. The van der Waals surface area contributed by atoms with Crippen molar-refractivity contribution in [3.05, 3.63) is 0 Å². The predicted octanol–water partition coefficient (Wildman–Crippen LogP) is 1.82. The van der Waals surface area contributed by atoms with E-state index in [1.54, 1.807) is 11.8 Å². The molecule has 0 aromatic heterocycles. The van der Waals surface area contributed by atoms with Crippen molar-refractivity contribution < 1.29 is 8.42 Å². The van der Waals surface area contributed by atoms with Gasteiger partial charge in [-0.25, -0.2) is 8.42 Å². The van der Waals surface area contributed by atoms with Gasteiger partial charge in [-0.3, -0.25) is 4.99 Å². The molecule has 3 rings (SSSR count). The van der Waals surface area contributed by atoms with Gasteiger partial charge in [0.15, 0.2) is 15.0 Å². The number of sulfone groups is 1. The summed E-state index contributed by atoms with van der Waals surface area (Å²) in [7, 11) is -2.80. The molecule has 0 amide bonds. The Morgan fingerprint density at radius 3 is 2.63 bits per heavy atom. The minimum atomic E-state index is -2.80. The van der Waals surface area contributed by atoms with Crippen LogP contribution in [0.15, 0.2) is 4.99 Å². The van der Waals surface area contributed by atoms with E-state index in [4.69, 9.17) is 4.99 Å². The van der Waals surface area contributed by atoms with Crippen molar-refractivity contribution in [3.8, 4) is 0 Å². The molecule has 1 saturated heterocycles. The van der Waals surface area contributed by atoms with Crippen LogP contribution in [0.3, 0.4) is 0 Å². The lowest BCUT2D eigenvalue weighted by atomic mass is 9.75. The third-order valence-corrected chi connectivity index (χ3v) is 7.59. The number of amidine groups is 1. The quantitative estimate of drug-likeness (QED) is 0.802. The lowest BCUT2D eigenvalue weighted by molar-refractivity contribution is 0.232. The third-order valence-electron chi connectivity index (χ3n) is 4.55. The third kappa shape index (κ3) is 3.27. The molecular formula is C13H22N2O2S2. The van der Waals surface area contributed by atoms with Crippen molar-refractivity contribution in [2.45, 2.75) is 44.6 Å². The van der Waals surface area contributed by atoms with Crippen LogP contribution in [0.25, 0.3) is 0 Å². The van der Waals surface area contributed by atoms with Gasteiger partial charge < -0.3 is 5.32 Å². The molecule has 108 valence electrons.